The van der Waals surface area contributed by atoms with Crippen LogP contribution in [0.3, 0.4) is 0 Å². The van der Waals surface area contributed by atoms with Gasteiger partial charge in [0.15, 0.2) is 0 Å². The zero-order valence-corrected chi connectivity index (χ0v) is 36.4. The van der Waals surface area contributed by atoms with Crippen LogP contribution in [0, 0.1) is 0 Å². The third-order valence-corrected chi connectivity index (χ3v) is 11.0. The highest BCUT2D eigenvalue weighted by atomic mass is 15.1. The normalized spacial score (nSPS) is 11.6. The van der Waals surface area contributed by atoms with E-state index in [1.807, 2.05) is 24.3 Å². The number of benzene rings is 3. The number of nitrogens with zero attached hydrogens (tertiary/aromatic N) is 6. The van der Waals surface area contributed by atoms with Crippen molar-refractivity contribution in [2.75, 3.05) is 36.0 Å². The molecule has 0 aliphatic rings. The van der Waals surface area contributed by atoms with E-state index in [0.29, 0.717) is 0 Å². The highest BCUT2D eigenvalue weighted by Crippen LogP contribution is 2.27. The molecule has 0 aromatic heterocycles. The van der Waals surface area contributed by atoms with Gasteiger partial charge in [0.25, 0.3) is 0 Å². The van der Waals surface area contributed by atoms with Gasteiger partial charge in [-0.25, -0.2) is 0 Å². The number of anilines is 2. The van der Waals surface area contributed by atoms with E-state index in [9.17, 15) is 0 Å². The summed E-state index contributed by atoms with van der Waals surface area (Å²) >= 11 is 0. The highest BCUT2D eigenvalue weighted by molar-refractivity contribution is 5.54. The van der Waals surface area contributed by atoms with E-state index in [-0.39, 0.29) is 0 Å². The summed E-state index contributed by atoms with van der Waals surface area (Å²) in [6.45, 7) is 13.7. The van der Waals surface area contributed by atoms with Gasteiger partial charge in [0.1, 0.15) is 0 Å². The van der Waals surface area contributed by atoms with E-state index >= 15 is 0 Å². The van der Waals surface area contributed by atoms with Crippen LogP contribution in [-0.2, 0) is 0 Å². The molecule has 0 bridgehead atoms. The van der Waals surface area contributed by atoms with Crippen molar-refractivity contribution in [2.45, 2.75) is 182 Å². The van der Waals surface area contributed by atoms with Crippen molar-refractivity contribution in [1.82, 2.24) is 0 Å². The Kier molecular flexibility index (Phi) is 26.4. The van der Waals surface area contributed by atoms with E-state index in [0.717, 1.165) is 48.9 Å². The molecule has 0 fully saturated rings. The van der Waals surface area contributed by atoms with Gasteiger partial charge < -0.3 is 9.80 Å². The number of hydrogen-bond acceptors (Lipinski definition) is 6. The maximum absolute atomic E-state index is 4.55. The van der Waals surface area contributed by atoms with Crippen molar-refractivity contribution in [1.29, 1.82) is 0 Å². The molecule has 0 radical (unpaired) electrons. The van der Waals surface area contributed by atoms with Crippen LogP contribution in [0.5, 0.6) is 0 Å². The summed E-state index contributed by atoms with van der Waals surface area (Å²) in [5.74, 6) is 0. The molecule has 3 aromatic rings. The largest absolute Gasteiger partial charge is 0.372 e. The molecule has 0 aliphatic heterocycles. The molecule has 56 heavy (non-hydrogen) atoms. The average Bonchev–Trinajstić information content (AvgIpc) is 3.23. The minimum atomic E-state index is 0.806. The van der Waals surface area contributed by atoms with Crippen molar-refractivity contribution < 1.29 is 0 Å². The van der Waals surface area contributed by atoms with Gasteiger partial charge in [-0.1, -0.05) is 156 Å². The first-order valence-corrected chi connectivity index (χ1v) is 23.3. The summed E-state index contributed by atoms with van der Waals surface area (Å²) in [4.78, 5) is 5.18. The summed E-state index contributed by atoms with van der Waals surface area (Å²) in [6.07, 6.45) is 31.9. The molecule has 0 unspecified atom stereocenters. The van der Waals surface area contributed by atoms with Crippen molar-refractivity contribution in [3.05, 3.63) is 72.8 Å². The van der Waals surface area contributed by atoms with E-state index < -0.39 is 0 Å². The summed E-state index contributed by atoms with van der Waals surface area (Å²) < 4.78 is 0. The molecule has 0 saturated heterocycles. The molecule has 0 amide bonds. The molecule has 6 heteroatoms. The Hall–Kier alpha value is -3.54. The summed E-state index contributed by atoms with van der Waals surface area (Å²) in [5, 5.41) is 18.1. The lowest BCUT2D eigenvalue weighted by Gasteiger charge is -2.25. The number of rotatable bonds is 34. The Morgan fingerprint density at radius 3 is 0.696 bits per heavy atom. The molecule has 0 aliphatic carbocycles. The van der Waals surface area contributed by atoms with Crippen molar-refractivity contribution >= 4 is 34.1 Å². The number of unbranched alkanes of at least 4 members (excludes halogenated alkanes) is 20. The minimum Gasteiger partial charge on any atom is -0.372 e. The van der Waals surface area contributed by atoms with E-state index in [1.54, 1.807) is 0 Å². The Morgan fingerprint density at radius 2 is 0.464 bits per heavy atom. The summed E-state index contributed by atoms with van der Waals surface area (Å²) in [5.41, 5.74) is 5.96. The van der Waals surface area contributed by atoms with Gasteiger partial charge >= 0.3 is 0 Å². The lowest BCUT2D eigenvalue weighted by Crippen LogP contribution is -2.25. The Labute approximate surface area is 344 Å². The first-order valence-electron chi connectivity index (χ1n) is 23.3. The lowest BCUT2D eigenvalue weighted by molar-refractivity contribution is 0.575. The predicted octanol–water partition coefficient (Wildman–Crippen LogP) is 17.6. The second-order valence-electron chi connectivity index (χ2n) is 16.0. The van der Waals surface area contributed by atoms with Crippen molar-refractivity contribution in [2.24, 2.45) is 20.5 Å². The molecular weight excluding hydrogens is 685 g/mol. The fraction of sp³-hybridized carbons (Fsp3) is 0.640. The first-order chi connectivity index (χ1) is 27.7. The fourth-order valence-electron chi connectivity index (χ4n) is 7.35. The summed E-state index contributed by atoms with van der Waals surface area (Å²) in [6, 6.07) is 25.1. The molecule has 6 nitrogen and oxygen atoms in total. The zero-order chi connectivity index (χ0) is 39.7. The molecule has 3 aromatic carbocycles. The minimum absolute atomic E-state index is 0.806. The molecule has 0 saturated carbocycles. The molecule has 3 rings (SSSR count). The molecule has 0 N–H and O–H groups in total. The topological polar surface area (TPSA) is 55.9 Å². The van der Waals surface area contributed by atoms with Gasteiger partial charge in [-0.15, -0.1) is 0 Å². The van der Waals surface area contributed by atoms with E-state index in [2.05, 4.69) is 106 Å². The van der Waals surface area contributed by atoms with Gasteiger partial charge in [-0.2, -0.15) is 20.5 Å². The Balaban J connectivity index is 1.52. The predicted molar refractivity (Wildman–Crippen MR) is 246 cm³/mol. The Morgan fingerprint density at radius 1 is 0.268 bits per heavy atom. The van der Waals surface area contributed by atoms with Gasteiger partial charge in [0, 0.05) is 37.6 Å². The van der Waals surface area contributed by atoms with Gasteiger partial charge in [-0.3, -0.25) is 0 Å². The SMILES string of the molecule is CCCCCCCCN(CCCCCCCC)c1ccc(N=Nc2ccc(N=Nc3ccc(N(CCCCCCCC)CCCCCCCC)cc3)cc2)cc1. The van der Waals surface area contributed by atoms with Crippen LogP contribution in [0.2, 0.25) is 0 Å². The fourth-order valence-corrected chi connectivity index (χ4v) is 7.35. The standard InChI is InChI=1S/C50H80N6/c1-5-9-13-17-21-25-41-55(42-26-22-18-14-10-6-2)49-37-33-47(34-38-49)53-51-45-29-31-46(32-30-45)52-54-48-35-39-50(40-36-48)56(43-27-23-19-15-11-7-3)44-28-24-20-16-12-8-4/h29-40H,5-28,41-44H2,1-4H3. The Bertz CT molecular complexity index is 1260. The highest BCUT2D eigenvalue weighted by Gasteiger charge is 2.09. The molecule has 0 spiro atoms. The van der Waals surface area contributed by atoms with Crippen LogP contribution in [0.1, 0.15) is 182 Å². The van der Waals surface area contributed by atoms with Crippen LogP contribution in [-0.4, -0.2) is 26.2 Å². The second kappa shape index (κ2) is 31.5. The summed E-state index contributed by atoms with van der Waals surface area (Å²) in [7, 11) is 0. The smallest absolute Gasteiger partial charge is 0.0858 e. The van der Waals surface area contributed by atoms with Crippen LogP contribution in [0.15, 0.2) is 93.3 Å². The maximum Gasteiger partial charge on any atom is 0.0858 e. The molecule has 0 atom stereocenters. The monoisotopic (exact) mass is 765 g/mol. The van der Waals surface area contributed by atoms with Crippen LogP contribution in [0.4, 0.5) is 34.1 Å². The van der Waals surface area contributed by atoms with Crippen molar-refractivity contribution in [3.63, 3.8) is 0 Å². The van der Waals surface area contributed by atoms with Crippen LogP contribution < -0.4 is 9.80 Å². The van der Waals surface area contributed by atoms with E-state index in [1.165, 1.54) is 165 Å². The zero-order valence-electron chi connectivity index (χ0n) is 36.4. The average molecular weight is 765 g/mol. The second-order valence-corrected chi connectivity index (χ2v) is 16.0. The van der Waals surface area contributed by atoms with Gasteiger partial charge in [-0.05, 0) is 98.5 Å². The third kappa shape index (κ3) is 21.1. The quantitative estimate of drug-likeness (QED) is 0.0449. The number of hydrogen-bond donors (Lipinski definition) is 0. The van der Waals surface area contributed by atoms with Crippen LogP contribution >= 0.6 is 0 Å². The maximum atomic E-state index is 4.55. The first kappa shape index (κ1) is 46.8. The van der Waals surface area contributed by atoms with Crippen molar-refractivity contribution in [3.8, 4) is 0 Å². The van der Waals surface area contributed by atoms with E-state index in [4.69, 9.17) is 0 Å². The van der Waals surface area contributed by atoms with Gasteiger partial charge in [0.05, 0.1) is 22.7 Å². The molecule has 310 valence electrons. The molecule has 0 heterocycles. The third-order valence-electron chi connectivity index (χ3n) is 11.0. The molecular formula is C50H80N6. The van der Waals surface area contributed by atoms with Gasteiger partial charge in [0.2, 0.25) is 0 Å². The van der Waals surface area contributed by atoms with Crippen LogP contribution in [0.25, 0.3) is 0 Å². The number of azo groups is 2. The lowest BCUT2D eigenvalue weighted by atomic mass is 10.1.